The average molecular weight is 290 g/mol. The summed E-state index contributed by atoms with van der Waals surface area (Å²) in [5.41, 5.74) is 6.54. The fraction of sp³-hybridized carbons (Fsp3) is 0.133. The molecule has 0 aliphatic carbocycles. The number of ether oxygens (including phenoxy) is 1. The molecule has 6 heteroatoms. The average Bonchev–Trinajstić information content (AvgIpc) is 2.49. The van der Waals surface area contributed by atoms with E-state index in [9.17, 15) is 9.18 Å². The van der Waals surface area contributed by atoms with Crippen molar-refractivity contribution in [1.82, 2.24) is 0 Å². The molecule has 0 aliphatic heterocycles. The smallest absolute Gasteiger partial charge is 0.262 e. The molecular weight excluding hydrogens is 275 g/mol. The Morgan fingerprint density at radius 3 is 2.57 bits per heavy atom. The van der Waals surface area contributed by atoms with Crippen molar-refractivity contribution in [2.24, 2.45) is 0 Å². The Bertz CT molecular complexity index is 629. The van der Waals surface area contributed by atoms with E-state index in [0.717, 1.165) is 5.56 Å². The monoisotopic (exact) mass is 290 g/mol. The number of carbonyl (C=O) groups excluding carboxylic acids is 1. The first-order valence-corrected chi connectivity index (χ1v) is 6.26. The third-order valence-corrected chi connectivity index (χ3v) is 2.76. The summed E-state index contributed by atoms with van der Waals surface area (Å²) in [6.07, 6.45) is 0. The van der Waals surface area contributed by atoms with Gasteiger partial charge in [0.2, 0.25) is 0 Å². The molecule has 0 bridgehead atoms. The van der Waals surface area contributed by atoms with Crippen LogP contribution in [0, 0.1) is 5.82 Å². The summed E-state index contributed by atoms with van der Waals surface area (Å²) >= 11 is 0. The lowest BCUT2D eigenvalue weighted by Crippen LogP contribution is -2.20. The zero-order valence-electron chi connectivity index (χ0n) is 11.2. The van der Waals surface area contributed by atoms with Crippen LogP contribution in [0.1, 0.15) is 5.56 Å². The van der Waals surface area contributed by atoms with Gasteiger partial charge in [0.25, 0.3) is 5.91 Å². The first kappa shape index (κ1) is 14.8. The van der Waals surface area contributed by atoms with E-state index in [2.05, 4.69) is 5.32 Å². The molecule has 1 amide bonds. The maximum Gasteiger partial charge on any atom is 0.262 e. The lowest BCUT2D eigenvalue weighted by molar-refractivity contribution is -0.118. The fourth-order valence-electron chi connectivity index (χ4n) is 1.66. The number of carbonyl (C=O) groups is 1. The zero-order chi connectivity index (χ0) is 15.2. The van der Waals surface area contributed by atoms with Crippen LogP contribution in [0.2, 0.25) is 0 Å². The van der Waals surface area contributed by atoms with Crippen LogP contribution in [0.25, 0.3) is 0 Å². The van der Waals surface area contributed by atoms with E-state index in [-0.39, 0.29) is 24.8 Å². The van der Waals surface area contributed by atoms with E-state index in [4.69, 9.17) is 15.6 Å². The number of nitrogen functional groups attached to an aromatic ring is 1. The lowest BCUT2D eigenvalue weighted by Gasteiger charge is -2.08. The van der Waals surface area contributed by atoms with Gasteiger partial charge in [-0.3, -0.25) is 4.79 Å². The van der Waals surface area contributed by atoms with Gasteiger partial charge in [0, 0.05) is 5.69 Å². The zero-order valence-corrected chi connectivity index (χ0v) is 11.2. The molecule has 0 radical (unpaired) electrons. The minimum Gasteiger partial charge on any atom is -0.484 e. The third kappa shape index (κ3) is 4.19. The molecule has 2 rings (SSSR count). The maximum atomic E-state index is 13.0. The number of halogens is 1. The van der Waals surface area contributed by atoms with E-state index >= 15 is 0 Å². The Morgan fingerprint density at radius 2 is 1.95 bits per heavy atom. The van der Waals surface area contributed by atoms with Crippen molar-refractivity contribution in [3.63, 3.8) is 0 Å². The Balaban J connectivity index is 1.87. The molecule has 0 saturated heterocycles. The van der Waals surface area contributed by atoms with Gasteiger partial charge in [-0.15, -0.1) is 0 Å². The standard InChI is InChI=1S/C15H15FN2O3/c16-13-6-3-11(7-14(13)17)18-15(20)9-21-12-4-1-10(8-19)2-5-12/h1-7,19H,8-9,17H2,(H,18,20). The quantitative estimate of drug-likeness (QED) is 0.734. The van der Waals surface area contributed by atoms with Crippen LogP contribution in [-0.2, 0) is 11.4 Å². The minimum absolute atomic E-state index is 0.0340. The molecular formula is C15H15FN2O3. The molecule has 0 unspecified atom stereocenters. The molecule has 21 heavy (non-hydrogen) atoms. The van der Waals surface area contributed by atoms with Gasteiger partial charge < -0.3 is 20.9 Å². The Labute approximate surface area is 121 Å². The van der Waals surface area contributed by atoms with Crippen LogP contribution in [0.5, 0.6) is 5.75 Å². The highest BCUT2D eigenvalue weighted by atomic mass is 19.1. The molecule has 0 spiro atoms. The molecule has 4 N–H and O–H groups in total. The van der Waals surface area contributed by atoms with Gasteiger partial charge in [-0.2, -0.15) is 0 Å². The molecule has 2 aromatic carbocycles. The topological polar surface area (TPSA) is 84.6 Å². The maximum absolute atomic E-state index is 13.0. The van der Waals surface area contributed by atoms with Crippen LogP contribution < -0.4 is 15.8 Å². The first-order chi connectivity index (χ1) is 10.1. The number of hydrogen-bond donors (Lipinski definition) is 3. The second-order valence-electron chi connectivity index (χ2n) is 4.38. The number of anilines is 2. The number of aliphatic hydroxyl groups is 1. The second-order valence-corrected chi connectivity index (χ2v) is 4.38. The largest absolute Gasteiger partial charge is 0.484 e. The number of hydrogen-bond acceptors (Lipinski definition) is 4. The van der Waals surface area contributed by atoms with Crippen molar-refractivity contribution in [3.05, 3.63) is 53.8 Å². The van der Waals surface area contributed by atoms with Gasteiger partial charge in [-0.25, -0.2) is 4.39 Å². The molecule has 0 heterocycles. The second kappa shape index (κ2) is 6.71. The van der Waals surface area contributed by atoms with Gasteiger partial charge in [0.15, 0.2) is 6.61 Å². The number of amides is 1. The summed E-state index contributed by atoms with van der Waals surface area (Å²) in [6, 6.07) is 10.7. The van der Waals surface area contributed by atoms with Gasteiger partial charge in [-0.05, 0) is 35.9 Å². The first-order valence-electron chi connectivity index (χ1n) is 6.26. The van der Waals surface area contributed by atoms with Crippen molar-refractivity contribution in [1.29, 1.82) is 0 Å². The van der Waals surface area contributed by atoms with E-state index in [1.165, 1.54) is 18.2 Å². The highest BCUT2D eigenvalue weighted by Gasteiger charge is 2.06. The highest BCUT2D eigenvalue weighted by molar-refractivity contribution is 5.92. The molecule has 5 nitrogen and oxygen atoms in total. The van der Waals surface area contributed by atoms with Crippen molar-refractivity contribution < 1.29 is 19.0 Å². The van der Waals surface area contributed by atoms with Crippen LogP contribution >= 0.6 is 0 Å². The lowest BCUT2D eigenvalue weighted by atomic mass is 10.2. The molecule has 2 aromatic rings. The Morgan fingerprint density at radius 1 is 1.24 bits per heavy atom. The Hall–Kier alpha value is -2.60. The SMILES string of the molecule is Nc1cc(NC(=O)COc2ccc(CO)cc2)ccc1F. The summed E-state index contributed by atoms with van der Waals surface area (Å²) in [4.78, 5) is 11.7. The molecule has 0 saturated carbocycles. The van der Waals surface area contributed by atoms with E-state index < -0.39 is 5.82 Å². The van der Waals surface area contributed by atoms with E-state index in [0.29, 0.717) is 11.4 Å². The normalized spacial score (nSPS) is 10.2. The van der Waals surface area contributed by atoms with Crippen molar-refractivity contribution in [2.45, 2.75) is 6.61 Å². The van der Waals surface area contributed by atoms with Gasteiger partial charge >= 0.3 is 0 Å². The fourth-order valence-corrected chi connectivity index (χ4v) is 1.66. The predicted octanol–water partition coefficient (Wildman–Crippen LogP) is 1.92. The summed E-state index contributed by atoms with van der Waals surface area (Å²) in [5, 5.41) is 11.5. The number of aliphatic hydroxyl groups excluding tert-OH is 1. The summed E-state index contributed by atoms with van der Waals surface area (Å²) in [5.74, 6) is -0.401. The minimum atomic E-state index is -0.534. The van der Waals surface area contributed by atoms with Gasteiger partial charge in [0.1, 0.15) is 11.6 Å². The van der Waals surface area contributed by atoms with Crippen molar-refractivity contribution >= 4 is 17.3 Å². The Kier molecular flexibility index (Phi) is 4.73. The molecule has 0 atom stereocenters. The van der Waals surface area contributed by atoms with Crippen molar-refractivity contribution in [3.8, 4) is 5.75 Å². The van der Waals surface area contributed by atoms with E-state index in [1.54, 1.807) is 24.3 Å². The van der Waals surface area contributed by atoms with Crippen molar-refractivity contribution in [2.75, 3.05) is 17.7 Å². The van der Waals surface area contributed by atoms with E-state index in [1.807, 2.05) is 0 Å². The van der Waals surface area contributed by atoms with Crippen LogP contribution in [-0.4, -0.2) is 17.6 Å². The number of rotatable bonds is 5. The van der Waals surface area contributed by atoms with Crippen LogP contribution in [0.15, 0.2) is 42.5 Å². The molecule has 110 valence electrons. The molecule has 0 aliphatic rings. The molecule has 0 aromatic heterocycles. The highest BCUT2D eigenvalue weighted by Crippen LogP contribution is 2.16. The van der Waals surface area contributed by atoms with Crippen LogP contribution in [0.4, 0.5) is 15.8 Å². The summed E-state index contributed by atoms with van der Waals surface area (Å²) < 4.78 is 18.3. The van der Waals surface area contributed by atoms with Gasteiger partial charge in [-0.1, -0.05) is 12.1 Å². The molecule has 0 fully saturated rings. The predicted molar refractivity (Wildman–Crippen MR) is 77.3 cm³/mol. The summed E-state index contributed by atoms with van der Waals surface area (Å²) in [6.45, 7) is -0.234. The van der Waals surface area contributed by atoms with Crippen LogP contribution in [0.3, 0.4) is 0 Å². The summed E-state index contributed by atoms with van der Waals surface area (Å²) in [7, 11) is 0. The number of benzene rings is 2. The number of nitrogens with two attached hydrogens (primary N) is 1. The number of nitrogens with one attached hydrogen (secondary N) is 1. The van der Waals surface area contributed by atoms with Gasteiger partial charge in [0.05, 0.1) is 12.3 Å². The third-order valence-electron chi connectivity index (χ3n) is 2.76.